The fourth-order valence-electron chi connectivity index (χ4n) is 3.60. The number of ether oxygens (including phenoxy) is 2. The summed E-state index contributed by atoms with van der Waals surface area (Å²) in [4.78, 5) is 20.9. The Kier molecular flexibility index (Phi) is 5.87. The molecule has 1 aliphatic rings. The molecule has 156 valence electrons. The van der Waals surface area contributed by atoms with Crippen molar-refractivity contribution in [3.63, 3.8) is 0 Å². The monoisotopic (exact) mass is 408 g/mol. The summed E-state index contributed by atoms with van der Waals surface area (Å²) in [6.07, 6.45) is 4.54. The first-order chi connectivity index (χ1) is 14.7. The summed E-state index contributed by atoms with van der Waals surface area (Å²) in [6, 6.07) is 10.9. The molecular formula is C21H24N6O3. The number of likely N-dealkylation sites (tertiary alicyclic amines) is 1. The maximum Gasteiger partial charge on any atom is 0.256 e. The topological polar surface area (TPSA) is 95.3 Å². The van der Waals surface area contributed by atoms with Crippen molar-refractivity contribution in [1.82, 2.24) is 30.1 Å². The molecule has 9 nitrogen and oxygen atoms in total. The molecule has 3 aromatic rings. The zero-order chi connectivity index (χ0) is 20.9. The lowest BCUT2D eigenvalue weighted by molar-refractivity contribution is 0.0372. The van der Waals surface area contributed by atoms with Gasteiger partial charge in [0.2, 0.25) is 5.88 Å². The van der Waals surface area contributed by atoms with E-state index in [0.29, 0.717) is 36.0 Å². The highest BCUT2D eigenvalue weighted by Crippen LogP contribution is 2.26. The highest BCUT2D eigenvalue weighted by atomic mass is 16.5. The van der Waals surface area contributed by atoms with Crippen LogP contribution in [0.15, 0.2) is 48.9 Å². The van der Waals surface area contributed by atoms with Crippen molar-refractivity contribution in [2.45, 2.75) is 38.8 Å². The van der Waals surface area contributed by atoms with Gasteiger partial charge in [0.25, 0.3) is 5.91 Å². The number of carbonyl (C=O) groups excluding carboxylic acids is 1. The minimum atomic E-state index is -0.147. The van der Waals surface area contributed by atoms with Crippen LogP contribution in [0.2, 0.25) is 0 Å². The molecule has 1 saturated heterocycles. The smallest absolute Gasteiger partial charge is 0.256 e. The minimum Gasteiger partial charge on any atom is -0.494 e. The number of amides is 1. The Balaban J connectivity index is 1.52. The number of rotatable bonds is 6. The van der Waals surface area contributed by atoms with Gasteiger partial charge >= 0.3 is 0 Å². The molecule has 0 N–H and O–H groups in total. The molecule has 0 aliphatic carbocycles. The first-order valence-corrected chi connectivity index (χ1v) is 10.0. The maximum atomic E-state index is 13.4. The number of carbonyl (C=O) groups is 1. The number of para-hydroxylation sites is 1. The third-order valence-electron chi connectivity index (χ3n) is 5.10. The quantitative estimate of drug-likeness (QED) is 0.618. The van der Waals surface area contributed by atoms with Gasteiger partial charge in [-0.3, -0.25) is 4.79 Å². The summed E-state index contributed by atoms with van der Waals surface area (Å²) in [7, 11) is 0. The summed E-state index contributed by atoms with van der Waals surface area (Å²) >= 11 is 0. The van der Waals surface area contributed by atoms with Crippen LogP contribution >= 0.6 is 0 Å². The SMILES string of the molecule is CCOc1ccnc(O[C@@H]2CC[C@@H](C)N(C(=O)c3ccccc3-n3ncnn3)C2)c1. The predicted octanol–water partition coefficient (Wildman–Crippen LogP) is 2.53. The van der Waals surface area contributed by atoms with Crippen molar-refractivity contribution in [3.05, 3.63) is 54.5 Å². The highest BCUT2D eigenvalue weighted by molar-refractivity contribution is 5.98. The molecule has 4 rings (SSSR count). The Labute approximate surface area is 174 Å². The van der Waals surface area contributed by atoms with Gasteiger partial charge in [0, 0.05) is 18.3 Å². The molecule has 1 aromatic carbocycles. The molecule has 0 unspecified atom stereocenters. The molecular weight excluding hydrogens is 384 g/mol. The zero-order valence-electron chi connectivity index (χ0n) is 17.0. The lowest BCUT2D eigenvalue weighted by Crippen LogP contribution is -2.49. The second-order valence-electron chi connectivity index (χ2n) is 7.13. The molecule has 1 fully saturated rings. The van der Waals surface area contributed by atoms with Gasteiger partial charge in [-0.1, -0.05) is 12.1 Å². The Bertz CT molecular complexity index is 994. The van der Waals surface area contributed by atoms with E-state index in [2.05, 4.69) is 27.3 Å². The van der Waals surface area contributed by atoms with Gasteiger partial charge in [0.1, 0.15) is 17.5 Å². The van der Waals surface area contributed by atoms with E-state index >= 15 is 0 Å². The summed E-state index contributed by atoms with van der Waals surface area (Å²) in [5.41, 5.74) is 1.13. The second-order valence-corrected chi connectivity index (χ2v) is 7.13. The van der Waals surface area contributed by atoms with Crippen LogP contribution in [0.3, 0.4) is 0 Å². The van der Waals surface area contributed by atoms with E-state index in [1.807, 2.05) is 24.0 Å². The number of hydrogen-bond acceptors (Lipinski definition) is 7. The second kappa shape index (κ2) is 8.89. The van der Waals surface area contributed by atoms with Gasteiger partial charge in [-0.15, -0.1) is 15.0 Å². The van der Waals surface area contributed by atoms with E-state index in [-0.39, 0.29) is 18.1 Å². The average Bonchev–Trinajstić information content (AvgIpc) is 3.30. The molecule has 30 heavy (non-hydrogen) atoms. The van der Waals surface area contributed by atoms with E-state index in [1.54, 1.807) is 30.5 Å². The van der Waals surface area contributed by atoms with Gasteiger partial charge < -0.3 is 14.4 Å². The van der Waals surface area contributed by atoms with Crippen molar-refractivity contribution in [3.8, 4) is 17.3 Å². The van der Waals surface area contributed by atoms with Crippen LogP contribution in [0.25, 0.3) is 5.69 Å². The standard InChI is InChI=1S/C21H24N6O3/c1-3-29-16-10-11-22-20(12-16)30-17-9-8-15(2)26(13-17)21(28)18-6-4-5-7-19(18)27-24-14-23-25-27/h4-7,10-12,14-15,17H,3,8-9,13H2,1-2H3/t15-,17-/m1/s1. The molecule has 2 atom stereocenters. The van der Waals surface area contributed by atoms with Gasteiger partial charge in [-0.2, -0.15) is 0 Å². The van der Waals surface area contributed by atoms with Crippen molar-refractivity contribution in [1.29, 1.82) is 0 Å². The zero-order valence-corrected chi connectivity index (χ0v) is 17.0. The fourth-order valence-corrected chi connectivity index (χ4v) is 3.60. The van der Waals surface area contributed by atoms with Crippen LogP contribution in [0.4, 0.5) is 0 Å². The van der Waals surface area contributed by atoms with Crippen molar-refractivity contribution < 1.29 is 14.3 Å². The van der Waals surface area contributed by atoms with Gasteiger partial charge in [0.05, 0.1) is 18.7 Å². The maximum absolute atomic E-state index is 13.4. The molecule has 9 heteroatoms. The van der Waals surface area contributed by atoms with E-state index in [4.69, 9.17) is 9.47 Å². The van der Waals surface area contributed by atoms with E-state index in [1.165, 1.54) is 11.1 Å². The highest BCUT2D eigenvalue weighted by Gasteiger charge is 2.32. The van der Waals surface area contributed by atoms with Crippen molar-refractivity contribution in [2.24, 2.45) is 0 Å². The Morgan fingerprint density at radius 2 is 2.10 bits per heavy atom. The van der Waals surface area contributed by atoms with Crippen LogP contribution in [-0.2, 0) is 0 Å². The van der Waals surface area contributed by atoms with Crippen LogP contribution in [0.5, 0.6) is 11.6 Å². The number of aromatic nitrogens is 5. The first-order valence-electron chi connectivity index (χ1n) is 10.0. The number of pyridine rings is 1. The molecule has 1 amide bonds. The number of hydrogen-bond donors (Lipinski definition) is 0. The van der Waals surface area contributed by atoms with Gasteiger partial charge in [0.15, 0.2) is 6.33 Å². The molecule has 0 bridgehead atoms. The fraction of sp³-hybridized carbons (Fsp3) is 0.381. The molecule has 0 spiro atoms. The third kappa shape index (κ3) is 4.24. The number of nitrogens with zero attached hydrogens (tertiary/aromatic N) is 6. The Morgan fingerprint density at radius 1 is 1.23 bits per heavy atom. The van der Waals surface area contributed by atoms with E-state index in [9.17, 15) is 4.79 Å². The summed E-state index contributed by atoms with van der Waals surface area (Å²) in [5, 5.41) is 11.7. The number of benzene rings is 1. The lowest BCUT2D eigenvalue weighted by atomic mass is 9.99. The van der Waals surface area contributed by atoms with E-state index < -0.39 is 0 Å². The molecule has 3 heterocycles. The normalized spacial score (nSPS) is 18.8. The van der Waals surface area contributed by atoms with Gasteiger partial charge in [-0.25, -0.2) is 4.98 Å². The van der Waals surface area contributed by atoms with Crippen LogP contribution in [-0.4, -0.2) is 61.3 Å². The minimum absolute atomic E-state index is 0.0836. The number of tetrazole rings is 1. The van der Waals surface area contributed by atoms with Gasteiger partial charge in [-0.05, 0) is 50.1 Å². The number of piperidine rings is 1. The molecule has 0 radical (unpaired) electrons. The predicted molar refractivity (Wildman–Crippen MR) is 109 cm³/mol. The summed E-state index contributed by atoms with van der Waals surface area (Å²) in [6.45, 7) is 5.03. The summed E-state index contributed by atoms with van der Waals surface area (Å²) in [5.74, 6) is 1.13. The summed E-state index contributed by atoms with van der Waals surface area (Å²) < 4.78 is 11.6. The molecule has 0 saturated carbocycles. The van der Waals surface area contributed by atoms with Crippen molar-refractivity contribution in [2.75, 3.05) is 13.2 Å². The molecule has 2 aromatic heterocycles. The largest absolute Gasteiger partial charge is 0.494 e. The Morgan fingerprint density at radius 3 is 2.90 bits per heavy atom. The Hall–Kier alpha value is -3.49. The van der Waals surface area contributed by atoms with Crippen LogP contribution in [0, 0.1) is 0 Å². The van der Waals surface area contributed by atoms with Crippen LogP contribution in [0.1, 0.15) is 37.0 Å². The van der Waals surface area contributed by atoms with Crippen LogP contribution < -0.4 is 9.47 Å². The molecule has 1 aliphatic heterocycles. The third-order valence-corrected chi connectivity index (χ3v) is 5.10. The van der Waals surface area contributed by atoms with E-state index in [0.717, 1.165) is 12.8 Å². The first kappa shape index (κ1) is 19.8. The lowest BCUT2D eigenvalue weighted by Gasteiger charge is -2.38. The average molecular weight is 408 g/mol. The van der Waals surface area contributed by atoms with Crippen molar-refractivity contribution >= 4 is 5.91 Å².